The van der Waals surface area contributed by atoms with Crippen molar-refractivity contribution in [3.63, 3.8) is 0 Å². The molecular formula is C27H45N3O2S. The summed E-state index contributed by atoms with van der Waals surface area (Å²) >= 11 is 5.28. The van der Waals surface area contributed by atoms with Gasteiger partial charge in [-0.25, -0.2) is 0 Å². The van der Waals surface area contributed by atoms with Crippen molar-refractivity contribution >= 4 is 23.5 Å². The van der Waals surface area contributed by atoms with E-state index in [-0.39, 0.29) is 6.79 Å². The lowest BCUT2D eigenvalue weighted by Gasteiger charge is -2.07. The lowest BCUT2D eigenvalue weighted by molar-refractivity contribution is 0.174. The Morgan fingerprint density at radius 2 is 1.36 bits per heavy atom. The van der Waals surface area contributed by atoms with E-state index < -0.39 is 0 Å². The van der Waals surface area contributed by atoms with E-state index in [1.807, 2.05) is 18.2 Å². The third-order valence-electron chi connectivity index (χ3n) is 6.09. The van der Waals surface area contributed by atoms with Gasteiger partial charge in [0.25, 0.3) is 0 Å². The summed E-state index contributed by atoms with van der Waals surface area (Å²) in [5, 5.41) is 7.97. The number of hydrazone groups is 1. The number of hydrogen-bond donors (Lipinski definition) is 2. The Labute approximate surface area is 207 Å². The van der Waals surface area contributed by atoms with Crippen molar-refractivity contribution in [3.05, 3.63) is 23.8 Å². The van der Waals surface area contributed by atoms with E-state index in [2.05, 4.69) is 22.8 Å². The number of ether oxygens (including phenoxy) is 2. The number of thiocarbonyl (C=S) groups is 1. The fraction of sp³-hybridized carbons (Fsp3) is 0.704. The molecule has 2 N–H and O–H groups in total. The second kappa shape index (κ2) is 18.6. The summed E-state index contributed by atoms with van der Waals surface area (Å²) in [6.07, 6.45) is 23.9. The number of benzene rings is 1. The summed E-state index contributed by atoms with van der Waals surface area (Å²) < 4.78 is 10.7. The molecule has 2 rings (SSSR count). The first kappa shape index (κ1) is 27.4. The zero-order valence-electron chi connectivity index (χ0n) is 20.7. The topological polar surface area (TPSA) is 54.9 Å². The first-order valence-electron chi connectivity index (χ1n) is 13.3. The molecule has 0 unspecified atom stereocenters. The van der Waals surface area contributed by atoms with Crippen molar-refractivity contribution in [2.45, 2.75) is 110 Å². The maximum Gasteiger partial charge on any atom is 0.231 e. The molecule has 0 aliphatic carbocycles. The van der Waals surface area contributed by atoms with Crippen LogP contribution in [0.15, 0.2) is 23.3 Å². The van der Waals surface area contributed by atoms with Gasteiger partial charge in [0.15, 0.2) is 16.6 Å². The average Bonchev–Trinajstić information content (AvgIpc) is 3.29. The van der Waals surface area contributed by atoms with Gasteiger partial charge in [-0.15, -0.1) is 0 Å². The molecule has 0 saturated heterocycles. The number of unbranched alkanes of at least 4 members (excludes halogenated alkanes) is 15. The largest absolute Gasteiger partial charge is 0.454 e. The second-order valence-corrected chi connectivity index (χ2v) is 9.45. The minimum atomic E-state index is 0.279. The van der Waals surface area contributed by atoms with Gasteiger partial charge in [0.05, 0.1) is 6.21 Å². The van der Waals surface area contributed by atoms with Gasteiger partial charge < -0.3 is 14.8 Å². The fourth-order valence-electron chi connectivity index (χ4n) is 4.07. The molecule has 186 valence electrons. The Bertz CT molecular complexity index is 681. The lowest BCUT2D eigenvalue weighted by atomic mass is 10.0. The summed E-state index contributed by atoms with van der Waals surface area (Å²) in [7, 11) is 0. The standard InChI is InChI=1S/C27H45N3O2S/c1-2-3-4-5-6-7-8-9-10-11-12-13-14-15-16-17-20-28-27(33)30-29-22-24-18-19-25-26(21-24)32-23-31-25/h18-19,21-22H,2-17,20,23H2,1H3,(H2,28,30,33). The zero-order chi connectivity index (χ0) is 23.4. The van der Waals surface area contributed by atoms with E-state index >= 15 is 0 Å². The van der Waals surface area contributed by atoms with E-state index in [9.17, 15) is 0 Å². The number of fused-ring (bicyclic) bond motifs is 1. The first-order valence-corrected chi connectivity index (χ1v) is 13.7. The quantitative estimate of drug-likeness (QED) is 0.0940. The molecule has 1 aromatic carbocycles. The third kappa shape index (κ3) is 13.5. The van der Waals surface area contributed by atoms with Crippen molar-refractivity contribution in [2.24, 2.45) is 5.10 Å². The minimum Gasteiger partial charge on any atom is -0.454 e. The number of nitrogens with zero attached hydrogens (tertiary/aromatic N) is 1. The normalized spacial score (nSPS) is 12.4. The molecule has 6 heteroatoms. The minimum absolute atomic E-state index is 0.279. The summed E-state index contributed by atoms with van der Waals surface area (Å²) in [5.41, 5.74) is 3.81. The Morgan fingerprint density at radius 1 is 0.818 bits per heavy atom. The van der Waals surface area contributed by atoms with Gasteiger partial charge in [-0.1, -0.05) is 103 Å². The molecule has 1 heterocycles. The highest BCUT2D eigenvalue weighted by Gasteiger charge is 2.12. The van der Waals surface area contributed by atoms with Crippen molar-refractivity contribution in [2.75, 3.05) is 13.3 Å². The van der Waals surface area contributed by atoms with Gasteiger partial charge in [0.2, 0.25) is 6.79 Å². The zero-order valence-corrected chi connectivity index (χ0v) is 21.5. The number of hydrogen-bond acceptors (Lipinski definition) is 4. The molecule has 0 atom stereocenters. The van der Waals surface area contributed by atoms with Gasteiger partial charge in [0, 0.05) is 6.54 Å². The van der Waals surface area contributed by atoms with Gasteiger partial charge in [-0.2, -0.15) is 5.10 Å². The lowest BCUT2D eigenvalue weighted by Crippen LogP contribution is -2.32. The molecule has 0 aromatic heterocycles. The number of rotatable bonds is 19. The molecule has 0 bridgehead atoms. The van der Waals surface area contributed by atoms with Crippen LogP contribution in [0.2, 0.25) is 0 Å². The van der Waals surface area contributed by atoms with E-state index in [0.717, 1.165) is 30.0 Å². The predicted octanol–water partition coefficient (Wildman–Crippen LogP) is 7.47. The highest BCUT2D eigenvalue weighted by atomic mass is 32.1. The van der Waals surface area contributed by atoms with E-state index in [4.69, 9.17) is 21.7 Å². The van der Waals surface area contributed by atoms with Gasteiger partial charge >= 0.3 is 0 Å². The third-order valence-corrected chi connectivity index (χ3v) is 6.33. The molecule has 33 heavy (non-hydrogen) atoms. The Balaban J connectivity index is 1.32. The summed E-state index contributed by atoms with van der Waals surface area (Å²) in [4.78, 5) is 0. The second-order valence-electron chi connectivity index (χ2n) is 9.04. The fourth-order valence-corrected chi connectivity index (χ4v) is 4.23. The van der Waals surface area contributed by atoms with Crippen LogP contribution in [0.25, 0.3) is 0 Å². The monoisotopic (exact) mass is 475 g/mol. The van der Waals surface area contributed by atoms with Crippen LogP contribution >= 0.6 is 12.2 Å². The number of nitrogens with one attached hydrogen (secondary N) is 2. The van der Waals surface area contributed by atoms with Crippen molar-refractivity contribution < 1.29 is 9.47 Å². The molecule has 1 aromatic rings. The van der Waals surface area contributed by atoms with Crippen LogP contribution in [0.1, 0.15) is 115 Å². The van der Waals surface area contributed by atoms with Crippen LogP contribution in [0.4, 0.5) is 0 Å². The van der Waals surface area contributed by atoms with E-state index in [1.165, 1.54) is 96.3 Å². The van der Waals surface area contributed by atoms with Crippen LogP contribution in [0.3, 0.4) is 0 Å². The van der Waals surface area contributed by atoms with Crippen LogP contribution < -0.4 is 20.2 Å². The highest BCUT2D eigenvalue weighted by Crippen LogP contribution is 2.31. The molecule has 1 aliphatic heterocycles. The maximum absolute atomic E-state index is 5.37. The average molecular weight is 476 g/mol. The van der Waals surface area contributed by atoms with Crippen molar-refractivity contribution in [3.8, 4) is 11.5 Å². The summed E-state index contributed by atoms with van der Waals surface area (Å²) in [6.45, 7) is 3.46. The Kier molecular flexibility index (Phi) is 15.4. The van der Waals surface area contributed by atoms with Gasteiger partial charge in [-0.05, 0) is 42.4 Å². The molecule has 5 nitrogen and oxygen atoms in total. The predicted molar refractivity (Wildman–Crippen MR) is 143 cm³/mol. The van der Waals surface area contributed by atoms with Crippen molar-refractivity contribution in [1.82, 2.24) is 10.7 Å². The van der Waals surface area contributed by atoms with Gasteiger partial charge in [-0.3, -0.25) is 5.43 Å². The highest BCUT2D eigenvalue weighted by molar-refractivity contribution is 7.80. The van der Waals surface area contributed by atoms with Crippen LogP contribution in [0, 0.1) is 0 Å². The molecule has 0 spiro atoms. The SMILES string of the molecule is CCCCCCCCCCCCCCCCCCNC(=S)NN=Cc1ccc2c(c1)OCO2. The van der Waals surface area contributed by atoms with Crippen LogP contribution in [-0.4, -0.2) is 24.7 Å². The Hall–Kier alpha value is -1.82. The van der Waals surface area contributed by atoms with E-state index in [0.29, 0.717) is 5.11 Å². The summed E-state index contributed by atoms with van der Waals surface area (Å²) in [6, 6.07) is 5.73. The van der Waals surface area contributed by atoms with Crippen molar-refractivity contribution in [1.29, 1.82) is 0 Å². The first-order chi connectivity index (χ1) is 16.3. The summed E-state index contributed by atoms with van der Waals surface area (Å²) in [5.74, 6) is 1.53. The smallest absolute Gasteiger partial charge is 0.231 e. The Morgan fingerprint density at radius 3 is 1.97 bits per heavy atom. The van der Waals surface area contributed by atoms with Crippen LogP contribution in [-0.2, 0) is 0 Å². The van der Waals surface area contributed by atoms with E-state index in [1.54, 1.807) is 6.21 Å². The molecule has 0 saturated carbocycles. The molecule has 1 aliphatic rings. The molecule has 0 radical (unpaired) electrons. The molecular weight excluding hydrogens is 430 g/mol. The molecule has 0 amide bonds. The van der Waals surface area contributed by atoms with Gasteiger partial charge in [0.1, 0.15) is 0 Å². The van der Waals surface area contributed by atoms with Crippen LogP contribution in [0.5, 0.6) is 11.5 Å². The maximum atomic E-state index is 5.37. The molecule has 0 fully saturated rings.